The molecule has 1 aliphatic heterocycles. The topological polar surface area (TPSA) is 72.6 Å². The van der Waals surface area contributed by atoms with Crippen molar-refractivity contribution in [3.63, 3.8) is 0 Å². The lowest BCUT2D eigenvalue weighted by Gasteiger charge is -2.36. The lowest BCUT2D eigenvalue weighted by molar-refractivity contribution is -0.274. The number of amidine groups is 1. The molecule has 7 nitrogen and oxygen atoms in total. The van der Waals surface area contributed by atoms with E-state index in [0.29, 0.717) is 24.4 Å². The number of aliphatic imine (C=N–C) groups is 1. The second kappa shape index (κ2) is 12.8. The summed E-state index contributed by atoms with van der Waals surface area (Å²) in [5.41, 5.74) is 4.66. The number of benzene rings is 3. The first-order chi connectivity index (χ1) is 20.2. The highest BCUT2D eigenvalue weighted by Crippen LogP contribution is 2.32. The van der Waals surface area contributed by atoms with Gasteiger partial charge in [0.15, 0.2) is 11.0 Å². The summed E-state index contributed by atoms with van der Waals surface area (Å²) in [6, 6.07) is 21.6. The van der Waals surface area contributed by atoms with Gasteiger partial charge in [-0.1, -0.05) is 61.2 Å². The molecule has 1 aliphatic rings. The lowest BCUT2D eigenvalue weighted by atomic mass is 10.1. The number of hydrogen-bond donors (Lipinski definition) is 0. The molecule has 11 heteroatoms. The van der Waals surface area contributed by atoms with Gasteiger partial charge in [0.1, 0.15) is 12.1 Å². The van der Waals surface area contributed by atoms with E-state index in [4.69, 9.17) is 0 Å². The summed E-state index contributed by atoms with van der Waals surface area (Å²) < 4.78 is 42.6. The SMILES string of the molecule is CCc1ccccc1N1C(=NC(=O)CCc2ccc(-c3ncn(-c4ccc(OC(F)(F)F)cc4)n3)cc2)SCCC1C. The highest BCUT2D eigenvalue weighted by Gasteiger charge is 2.31. The van der Waals surface area contributed by atoms with E-state index in [1.54, 1.807) is 11.8 Å². The third kappa shape index (κ3) is 7.20. The van der Waals surface area contributed by atoms with Crippen LogP contribution in [0.1, 0.15) is 37.8 Å². The van der Waals surface area contributed by atoms with Crippen molar-refractivity contribution < 1.29 is 22.7 Å². The number of carbonyl (C=O) groups excluding carboxylic acids is 1. The molecule has 42 heavy (non-hydrogen) atoms. The van der Waals surface area contributed by atoms with Crippen molar-refractivity contribution in [1.82, 2.24) is 14.8 Å². The minimum absolute atomic E-state index is 0.151. The molecular formula is C31H30F3N5O2S. The van der Waals surface area contributed by atoms with Crippen LogP contribution in [0.15, 0.2) is 84.1 Å². The van der Waals surface area contributed by atoms with Gasteiger partial charge in [-0.3, -0.25) is 4.79 Å². The van der Waals surface area contributed by atoms with E-state index in [9.17, 15) is 18.0 Å². The number of carbonyl (C=O) groups is 1. The van der Waals surface area contributed by atoms with Crippen LogP contribution in [-0.4, -0.2) is 44.0 Å². The molecule has 0 N–H and O–H groups in total. The zero-order valence-corrected chi connectivity index (χ0v) is 24.0. The van der Waals surface area contributed by atoms with Crippen molar-refractivity contribution in [2.45, 2.75) is 51.9 Å². The number of rotatable bonds is 8. The molecule has 1 fully saturated rings. The van der Waals surface area contributed by atoms with Crippen molar-refractivity contribution in [2.24, 2.45) is 4.99 Å². The number of halogens is 3. The third-order valence-electron chi connectivity index (χ3n) is 6.93. The van der Waals surface area contributed by atoms with Gasteiger partial charge in [-0.05, 0) is 67.6 Å². The van der Waals surface area contributed by atoms with E-state index in [-0.39, 0.29) is 17.7 Å². The first kappa shape index (κ1) is 29.4. The van der Waals surface area contributed by atoms with Gasteiger partial charge in [-0.2, -0.15) is 4.99 Å². The Morgan fingerprint density at radius 3 is 2.52 bits per heavy atom. The highest BCUT2D eigenvalue weighted by molar-refractivity contribution is 8.14. The smallest absolute Gasteiger partial charge is 0.406 e. The van der Waals surface area contributed by atoms with Crippen LogP contribution in [0.2, 0.25) is 0 Å². The second-order valence-electron chi connectivity index (χ2n) is 9.88. The summed E-state index contributed by atoms with van der Waals surface area (Å²) in [6.07, 6.45) is -0.473. The monoisotopic (exact) mass is 593 g/mol. The number of nitrogens with zero attached hydrogens (tertiary/aromatic N) is 5. The van der Waals surface area contributed by atoms with Crippen LogP contribution < -0.4 is 9.64 Å². The molecule has 0 spiro atoms. The fourth-order valence-electron chi connectivity index (χ4n) is 4.73. The Kier molecular flexibility index (Phi) is 8.96. The van der Waals surface area contributed by atoms with Crippen LogP contribution >= 0.6 is 11.8 Å². The maximum atomic E-state index is 12.9. The minimum atomic E-state index is -4.75. The van der Waals surface area contributed by atoms with Crippen molar-refractivity contribution in [3.8, 4) is 22.8 Å². The normalized spacial score (nSPS) is 16.5. The summed E-state index contributed by atoms with van der Waals surface area (Å²) in [4.78, 5) is 24.0. The minimum Gasteiger partial charge on any atom is -0.406 e. The Labute approximate surface area is 246 Å². The third-order valence-corrected chi connectivity index (χ3v) is 7.92. The van der Waals surface area contributed by atoms with Gasteiger partial charge in [0.2, 0.25) is 5.91 Å². The van der Waals surface area contributed by atoms with Crippen LogP contribution in [0, 0.1) is 0 Å². The van der Waals surface area contributed by atoms with E-state index in [0.717, 1.165) is 40.6 Å². The molecule has 5 rings (SSSR count). The maximum absolute atomic E-state index is 12.9. The summed E-state index contributed by atoms with van der Waals surface area (Å²) in [5.74, 6) is 0.941. The fourth-order valence-corrected chi connectivity index (χ4v) is 5.96. The first-order valence-corrected chi connectivity index (χ1v) is 14.7. The number of aryl methyl sites for hydroxylation is 2. The summed E-state index contributed by atoms with van der Waals surface area (Å²) in [5, 5.41) is 5.20. The van der Waals surface area contributed by atoms with Gasteiger partial charge in [0.05, 0.1) is 5.69 Å². The van der Waals surface area contributed by atoms with Crippen molar-refractivity contribution in [2.75, 3.05) is 10.7 Å². The first-order valence-electron chi connectivity index (χ1n) is 13.7. The Morgan fingerprint density at radius 1 is 1.07 bits per heavy atom. The van der Waals surface area contributed by atoms with Gasteiger partial charge in [-0.25, -0.2) is 9.67 Å². The molecule has 0 aliphatic carbocycles. The maximum Gasteiger partial charge on any atom is 0.573 e. The predicted octanol–water partition coefficient (Wildman–Crippen LogP) is 7.24. The van der Waals surface area contributed by atoms with Crippen LogP contribution in [0.4, 0.5) is 18.9 Å². The van der Waals surface area contributed by atoms with Crippen molar-refractivity contribution in [1.29, 1.82) is 0 Å². The molecule has 1 atom stereocenters. The molecule has 218 valence electrons. The molecule has 2 heterocycles. The number of amides is 1. The summed E-state index contributed by atoms with van der Waals surface area (Å²) >= 11 is 1.63. The van der Waals surface area contributed by atoms with Gasteiger partial charge in [-0.15, -0.1) is 18.3 Å². The lowest BCUT2D eigenvalue weighted by Crippen LogP contribution is -2.42. The Balaban J connectivity index is 1.21. The number of hydrogen-bond acceptors (Lipinski definition) is 5. The van der Waals surface area contributed by atoms with Gasteiger partial charge >= 0.3 is 6.36 Å². The highest BCUT2D eigenvalue weighted by atomic mass is 32.2. The molecule has 1 saturated heterocycles. The summed E-state index contributed by atoms with van der Waals surface area (Å²) in [6.45, 7) is 4.31. The van der Waals surface area contributed by atoms with Crippen LogP contribution in [-0.2, 0) is 17.6 Å². The van der Waals surface area contributed by atoms with Crippen LogP contribution in [0.5, 0.6) is 5.75 Å². The molecule has 1 unspecified atom stereocenters. The molecule has 0 bridgehead atoms. The Morgan fingerprint density at radius 2 is 1.81 bits per heavy atom. The molecule has 0 radical (unpaired) electrons. The number of alkyl halides is 3. The largest absolute Gasteiger partial charge is 0.573 e. The van der Waals surface area contributed by atoms with Gasteiger partial charge in [0, 0.05) is 29.5 Å². The average molecular weight is 594 g/mol. The number of aromatic nitrogens is 3. The molecule has 1 aromatic heterocycles. The van der Waals surface area contributed by atoms with E-state index in [1.165, 1.54) is 40.8 Å². The predicted molar refractivity (Wildman–Crippen MR) is 159 cm³/mol. The summed E-state index contributed by atoms with van der Waals surface area (Å²) in [7, 11) is 0. The number of anilines is 1. The standard InChI is InChI=1S/C31H30F3N5O2S/c1-3-23-6-4-5-7-27(23)39-21(2)18-19-42-30(39)36-28(40)17-10-22-8-11-24(12-9-22)29-35-20-38(37-29)25-13-15-26(16-14-25)41-31(32,33)34/h4-9,11-16,20-21H,3,10,17-19H2,1-2H3. The van der Waals surface area contributed by atoms with E-state index < -0.39 is 6.36 Å². The quantitative estimate of drug-likeness (QED) is 0.214. The second-order valence-corrected chi connectivity index (χ2v) is 10.9. The van der Waals surface area contributed by atoms with E-state index in [1.807, 2.05) is 36.4 Å². The fraction of sp³-hybridized carbons (Fsp3) is 0.290. The van der Waals surface area contributed by atoms with E-state index in [2.05, 4.69) is 50.7 Å². The zero-order chi connectivity index (χ0) is 29.7. The van der Waals surface area contributed by atoms with Crippen molar-refractivity contribution >= 4 is 28.5 Å². The molecule has 3 aromatic carbocycles. The number of thioether (sulfide) groups is 1. The number of para-hydroxylation sites is 1. The van der Waals surface area contributed by atoms with E-state index >= 15 is 0 Å². The number of ether oxygens (including phenoxy) is 1. The Hall–Kier alpha value is -4.12. The Bertz CT molecular complexity index is 1550. The van der Waals surface area contributed by atoms with Crippen LogP contribution in [0.3, 0.4) is 0 Å². The molecular weight excluding hydrogens is 563 g/mol. The van der Waals surface area contributed by atoms with Gasteiger partial charge in [0.25, 0.3) is 0 Å². The van der Waals surface area contributed by atoms with Crippen LogP contribution in [0.25, 0.3) is 17.1 Å². The molecule has 0 saturated carbocycles. The molecule has 4 aromatic rings. The zero-order valence-electron chi connectivity index (χ0n) is 23.2. The average Bonchev–Trinajstić information content (AvgIpc) is 3.47. The van der Waals surface area contributed by atoms with Gasteiger partial charge < -0.3 is 9.64 Å². The van der Waals surface area contributed by atoms with Crippen molar-refractivity contribution in [3.05, 3.63) is 90.3 Å². The molecule has 1 amide bonds.